The molecule has 3 aliphatic rings. The van der Waals surface area contributed by atoms with Crippen LogP contribution in [0.1, 0.15) is 32.6 Å². The van der Waals surface area contributed by atoms with Crippen molar-refractivity contribution in [1.82, 2.24) is 0 Å². The molecule has 3 heterocycles. The zero-order valence-electron chi connectivity index (χ0n) is 26.4. The average molecular weight is 639 g/mol. The van der Waals surface area contributed by atoms with Crippen LogP contribution in [0.4, 0.5) is 0 Å². The second-order valence-corrected chi connectivity index (χ2v) is 11.7. The van der Waals surface area contributed by atoms with Crippen molar-refractivity contribution in [2.45, 2.75) is 88.5 Å². The minimum Gasteiger partial charge on any atom is -0.455 e. The van der Waals surface area contributed by atoms with Crippen LogP contribution in [0, 0.1) is 5.41 Å². The fourth-order valence-corrected chi connectivity index (χ4v) is 5.43. The van der Waals surface area contributed by atoms with Crippen LogP contribution in [-0.4, -0.2) is 126 Å². The predicted molar refractivity (Wildman–Crippen MR) is 152 cm³/mol. The Balaban J connectivity index is 1.64. The summed E-state index contributed by atoms with van der Waals surface area (Å²) >= 11 is 0. The number of hydrogen-bond donors (Lipinski definition) is 0. The highest BCUT2D eigenvalue weighted by Gasteiger charge is 2.56. The van der Waals surface area contributed by atoms with Crippen LogP contribution >= 0.6 is 0 Å². The van der Waals surface area contributed by atoms with E-state index in [4.69, 9.17) is 57.6 Å². The summed E-state index contributed by atoms with van der Waals surface area (Å²) < 4.78 is 64.8. The SMILES string of the molecule is CO[C@H]1O[C@H](CO[C@H]2O[C@@H]3CO[C@@H](c4ccccc4)O[C@H]3[C@H](OC(=O)C(C)(C)C)[C@@H]2OC(=O)C=[N+]=[N-])[C@@H](OC)[C@H](OC)[C@H]1OC. The van der Waals surface area contributed by atoms with Gasteiger partial charge in [0.25, 0.3) is 0 Å². The molecule has 0 aliphatic carbocycles. The molecular weight excluding hydrogens is 596 g/mol. The number of benzene rings is 1. The summed E-state index contributed by atoms with van der Waals surface area (Å²) in [6.45, 7) is 4.95. The third kappa shape index (κ3) is 8.13. The first-order valence-electron chi connectivity index (χ1n) is 14.5. The lowest BCUT2D eigenvalue weighted by Gasteiger charge is -2.49. The third-order valence-corrected chi connectivity index (χ3v) is 7.69. The van der Waals surface area contributed by atoms with Crippen molar-refractivity contribution >= 4 is 18.2 Å². The van der Waals surface area contributed by atoms with Crippen LogP contribution in [0.2, 0.25) is 0 Å². The molecule has 250 valence electrons. The first-order valence-corrected chi connectivity index (χ1v) is 14.5. The largest absolute Gasteiger partial charge is 0.455 e. The summed E-state index contributed by atoms with van der Waals surface area (Å²) in [4.78, 5) is 28.6. The van der Waals surface area contributed by atoms with Gasteiger partial charge in [0.1, 0.15) is 36.6 Å². The number of fused-ring (bicyclic) bond motifs is 1. The number of esters is 2. The van der Waals surface area contributed by atoms with Gasteiger partial charge < -0.3 is 57.6 Å². The third-order valence-electron chi connectivity index (χ3n) is 7.69. The van der Waals surface area contributed by atoms with Gasteiger partial charge in [-0.15, -0.1) is 0 Å². The normalized spacial score (nSPS) is 35.0. The maximum absolute atomic E-state index is 13.2. The monoisotopic (exact) mass is 638 g/mol. The second-order valence-electron chi connectivity index (χ2n) is 11.7. The second kappa shape index (κ2) is 15.6. The summed E-state index contributed by atoms with van der Waals surface area (Å²) in [7, 11) is 5.99. The number of carbonyl (C=O) groups excluding carboxylic acids is 2. The molecule has 3 aliphatic heterocycles. The fourth-order valence-electron chi connectivity index (χ4n) is 5.43. The molecule has 0 N–H and O–H groups in total. The summed E-state index contributed by atoms with van der Waals surface area (Å²) in [5.41, 5.74) is 8.79. The number of methoxy groups -OCH3 is 4. The minimum absolute atomic E-state index is 0.0417. The van der Waals surface area contributed by atoms with Gasteiger partial charge in [-0.05, 0) is 20.8 Å². The van der Waals surface area contributed by atoms with Crippen molar-refractivity contribution < 1.29 is 66.5 Å². The molecule has 0 amide bonds. The molecule has 15 nitrogen and oxygen atoms in total. The first-order chi connectivity index (χ1) is 21.6. The Morgan fingerprint density at radius 1 is 0.867 bits per heavy atom. The highest BCUT2D eigenvalue weighted by Crippen LogP contribution is 2.38. The molecule has 0 saturated carbocycles. The topological polar surface area (TPSA) is 172 Å². The maximum Gasteiger partial charge on any atom is 0.414 e. The Bertz CT molecular complexity index is 1170. The van der Waals surface area contributed by atoms with E-state index in [0.717, 1.165) is 5.56 Å². The van der Waals surface area contributed by atoms with E-state index in [0.29, 0.717) is 6.21 Å². The van der Waals surface area contributed by atoms with Crippen LogP contribution in [-0.2, 0) is 61.7 Å². The smallest absolute Gasteiger partial charge is 0.414 e. The lowest BCUT2D eigenvalue weighted by atomic mass is 9.94. The molecule has 3 saturated heterocycles. The molecule has 0 radical (unpaired) electrons. The van der Waals surface area contributed by atoms with E-state index in [2.05, 4.69) is 4.79 Å². The van der Waals surface area contributed by atoms with Crippen molar-refractivity contribution in [3.8, 4) is 0 Å². The summed E-state index contributed by atoms with van der Waals surface area (Å²) in [6, 6.07) is 9.19. The van der Waals surface area contributed by atoms with Gasteiger partial charge in [0, 0.05) is 34.0 Å². The van der Waals surface area contributed by atoms with Crippen LogP contribution in [0.25, 0.3) is 5.53 Å². The van der Waals surface area contributed by atoms with Gasteiger partial charge in [0.15, 0.2) is 31.1 Å². The Morgan fingerprint density at radius 3 is 2.16 bits per heavy atom. The quantitative estimate of drug-likeness (QED) is 0.148. The Kier molecular flexibility index (Phi) is 12.2. The van der Waals surface area contributed by atoms with Crippen molar-refractivity contribution in [2.24, 2.45) is 5.41 Å². The first kappa shape index (κ1) is 35.0. The van der Waals surface area contributed by atoms with Crippen LogP contribution < -0.4 is 0 Å². The van der Waals surface area contributed by atoms with Crippen LogP contribution in [0.3, 0.4) is 0 Å². The number of nitrogens with zero attached hydrogens (tertiary/aromatic N) is 2. The maximum atomic E-state index is 13.2. The summed E-state index contributed by atoms with van der Waals surface area (Å²) in [5.74, 6) is -1.62. The molecule has 15 heteroatoms. The van der Waals surface area contributed by atoms with E-state index in [9.17, 15) is 9.59 Å². The van der Waals surface area contributed by atoms with E-state index >= 15 is 0 Å². The van der Waals surface area contributed by atoms with E-state index in [1.165, 1.54) is 28.4 Å². The fraction of sp³-hybridized carbons (Fsp3) is 0.700. The highest BCUT2D eigenvalue weighted by atomic mass is 16.8. The molecule has 45 heavy (non-hydrogen) atoms. The molecule has 3 fully saturated rings. The van der Waals surface area contributed by atoms with E-state index in [1.54, 1.807) is 20.8 Å². The molecule has 1 aromatic carbocycles. The van der Waals surface area contributed by atoms with Gasteiger partial charge in [-0.25, -0.2) is 4.79 Å². The lowest BCUT2D eigenvalue weighted by molar-refractivity contribution is -0.369. The van der Waals surface area contributed by atoms with Crippen molar-refractivity contribution in [2.75, 3.05) is 41.7 Å². The van der Waals surface area contributed by atoms with Crippen LogP contribution in [0.15, 0.2) is 30.3 Å². The van der Waals surface area contributed by atoms with Gasteiger partial charge in [0.2, 0.25) is 0 Å². The standard InChI is InChI=1S/C30H42N2O13/c1-30(2,3)29(34)45-23-21-18(15-39-26(44-21)16-11-9-8-10-12-16)42-28(25(23)43-19(33)13-32-31)40-14-17-20(35-4)22(36-5)24(37-6)27(38-7)41-17/h8-13,17-18,20-28H,14-15H2,1-7H3/t17-,18-,20-,21-,22+,23+,24-,25+,26-,27+,28+/m1/s1. The van der Waals surface area contributed by atoms with E-state index < -0.39 is 85.1 Å². The zero-order chi connectivity index (χ0) is 32.7. The molecule has 11 atom stereocenters. The number of carbonyl (C=O) groups is 2. The molecule has 0 unspecified atom stereocenters. The van der Waals surface area contributed by atoms with Gasteiger partial charge in [-0.2, -0.15) is 4.79 Å². The van der Waals surface area contributed by atoms with Gasteiger partial charge >= 0.3 is 18.2 Å². The Hall–Kier alpha value is -2.82. The highest BCUT2D eigenvalue weighted by molar-refractivity contribution is 6.20. The molecule has 0 bridgehead atoms. The molecule has 1 aromatic rings. The minimum atomic E-state index is -1.37. The Labute approximate surface area is 261 Å². The predicted octanol–water partition coefficient (Wildman–Crippen LogP) is 1.43. The Morgan fingerprint density at radius 2 is 1.56 bits per heavy atom. The molecule has 0 spiro atoms. The van der Waals surface area contributed by atoms with E-state index in [1.807, 2.05) is 30.3 Å². The number of hydrogen-bond acceptors (Lipinski definition) is 13. The average Bonchev–Trinajstić information content (AvgIpc) is 3.03. The molecule has 4 rings (SSSR count). The summed E-state index contributed by atoms with van der Waals surface area (Å²) in [6.07, 6.45) is -9.31. The van der Waals surface area contributed by atoms with Gasteiger partial charge in [-0.1, -0.05) is 30.3 Å². The number of rotatable bonds is 11. The zero-order valence-corrected chi connectivity index (χ0v) is 26.4. The lowest BCUT2D eigenvalue weighted by Crippen LogP contribution is -2.65. The van der Waals surface area contributed by atoms with Crippen molar-refractivity contribution in [3.05, 3.63) is 41.4 Å². The van der Waals surface area contributed by atoms with Crippen LogP contribution in [0.5, 0.6) is 0 Å². The van der Waals surface area contributed by atoms with E-state index in [-0.39, 0.29) is 13.2 Å². The molecular formula is C30H42N2O13. The van der Waals surface area contributed by atoms with Crippen molar-refractivity contribution in [3.63, 3.8) is 0 Å². The number of ether oxygens (including phenoxy) is 11. The van der Waals surface area contributed by atoms with Gasteiger partial charge in [0.05, 0.1) is 18.6 Å². The van der Waals surface area contributed by atoms with Crippen molar-refractivity contribution in [1.29, 1.82) is 0 Å². The molecule has 0 aromatic heterocycles. The van der Waals surface area contributed by atoms with Gasteiger partial charge in [-0.3, -0.25) is 4.79 Å². The summed E-state index contributed by atoms with van der Waals surface area (Å²) in [5, 5.41) is 0.